The van der Waals surface area contributed by atoms with Crippen molar-refractivity contribution in [3.8, 4) is 0 Å². The maximum absolute atomic E-state index is 5.53. The van der Waals surface area contributed by atoms with E-state index in [0.29, 0.717) is 12.6 Å². The van der Waals surface area contributed by atoms with E-state index in [-0.39, 0.29) is 0 Å². The average molecular weight is 394 g/mol. The fraction of sp³-hybridized carbons (Fsp3) is 0.556. The normalized spacial score (nSPS) is 17.3. The Balaban J connectivity index is 1.60. The van der Waals surface area contributed by atoms with Gasteiger partial charge in [-0.2, -0.15) is 0 Å². The molecule has 3 rings (SSSR count). The highest BCUT2D eigenvalue weighted by molar-refractivity contribution is 7.12. The zero-order valence-corrected chi connectivity index (χ0v) is 17.3. The molecular formula is C18H27N5OS2. The van der Waals surface area contributed by atoms with Crippen LogP contribution in [0.1, 0.15) is 25.7 Å². The maximum atomic E-state index is 5.53. The Hall–Kier alpha value is -1.48. The highest BCUT2D eigenvalue weighted by Crippen LogP contribution is 2.27. The second-order valence-electron chi connectivity index (χ2n) is 6.28. The third-order valence-corrected chi connectivity index (χ3v) is 6.35. The Morgan fingerprint density at radius 1 is 1.23 bits per heavy atom. The first-order chi connectivity index (χ1) is 12.7. The Morgan fingerprint density at radius 2 is 2.04 bits per heavy atom. The van der Waals surface area contributed by atoms with E-state index in [0.717, 1.165) is 43.8 Å². The van der Waals surface area contributed by atoms with Gasteiger partial charge in [-0.15, -0.1) is 22.7 Å². The summed E-state index contributed by atoms with van der Waals surface area (Å²) in [5.74, 6) is 0.810. The summed E-state index contributed by atoms with van der Waals surface area (Å²) in [6.45, 7) is 9.28. The summed E-state index contributed by atoms with van der Waals surface area (Å²) in [5, 5.41) is 7.93. The number of morpholine rings is 1. The van der Waals surface area contributed by atoms with Crippen LogP contribution in [-0.4, -0.2) is 55.7 Å². The van der Waals surface area contributed by atoms with Crippen molar-refractivity contribution in [3.63, 3.8) is 0 Å². The van der Waals surface area contributed by atoms with Crippen LogP contribution in [0.5, 0.6) is 0 Å². The number of aliphatic imine (C=N–C) groups is 1. The highest BCUT2D eigenvalue weighted by Gasteiger charge is 2.24. The largest absolute Gasteiger partial charge is 0.379 e. The fourth-order valence-corrected chi connectivity index (χ4v) is 4.73. The smallest absolute Gasteiger partial charge is 0.191 e. The second-order valence-corrected chi connectivity index (χ2v) is 8.92. The molecule has 1 unspecified atom stereocenters. The number of thiazole rings is 1. The maximum Gasteiger partial charge on any atom is 0.191 e. The summed E-state index contributed by atoms with van der Waals surface area (Å²) in [6, 6.07) is 4.78. The lowest BCUT2D eigenvalue weighted by Crippen LogP contribution is -2.46. The van der Waals surface area contributed by atoms with Gasteiger partial charge >= 0.3 is 0 Å². The third-order valence-electron chi connectivity index (χ3n) is 4.34. The summed E-state index contributed by atoms with van der Waals surface area (Å²) >= 11 is 3.58. The quantitative estimate of drug-likeness (QED) is 0.583. The van der Waals surface area contributed by atoms with Crippen LogP contribution in [0.2, 0.25) is 0 Å². The monoisotopic (exact) mass is 393 g/mol. The van der Waals surface area contributed by atoms with Gasteiger partial charge in [-0.05, 0) is 26.0 Å². The standard InChI is InChI=1S/C18H27N5OS2/c1-13-4-5-16(25-13)15(23-6-8-24-9-7-23)11-21-18(19-3)22-12-17-20-10-14(2)26-17/h4-5,10,15H,6-9,11-12H2,1-3H3,(H2,19,21,22). The molecule has 2 aromatic heterocycles. The van der Waals surface area contributed by atoms with Gasteiger partial charge < -0.3 is 15.4 Å². The zero-order chi connectivity index (χ0) is 18.4. The molecule has 0 amide bonds. The molecule has 142 valence electrons. The van der Waals surface area contributed by atoms with Crippen molar-refractivity contribution in [1.82, 2.24) is 20.5 Å². The molecule has 26 heavy (non-hydrogen) atoms. The number of aromatic nitrogens is 1. The lowest BCUT2D eigenvalue weighted by molar-refractivity contribution is 0.0177. The van der Waals surface area contributed by atoms with Crippen molar-refractivity contribution in [2.75, 3.05) is 39.9 Å². The van der Waals surface area contributed by atoms with Gasteiger partial charge in [0.1, 0.15) is 5.01 Å². The molecule has 0 radical (unpaired) electrons. The minimum atomic E-state index is 0.332. The molecule has 8 heteroatoms. The number of thiophene rings is 1. The summed E-state index contributed by atoms with van der Waals surface area (Å²) in [5.41, 5.74) is 0. The van der Waals surface area contributed by atoms with Crippen LogP contribution in [-0.2, 0) is 11.3 Å². The molecule has 0 aliphatic carbocycles. The van der Waals surface area contributed by atoms with Gasteiger partial charge in [0.15, 0.2) is 5.96 Å². The number of aryl methyl sites for hydroxylation is 2. The van der Waals surface area contributed by atoms with Crippen molar-refractivity contribution in [3.05, 3.63) is 38.0 Å². The van der Waals surface area contributed by atoms with Crippen molar-refractivity contribution < 1.29 is 4.74 Å². The number of ether oxygens (including phenoxy) is 1. The molecule has 0 saturated carbocycles. The van der Waals surface area contributed by atoms with Gasteiger partial charge in [-0.1, -0.05) is 0 Å². The molecule has 6 nitrogen and oxygen atoms in total. The van der Waals surface area contributed by atoms with Crippen molar-refractivity contribution in [2.24, 2.45) is 4.99 Å². The van der Waals surface area contributed by atoms with Gasteiger partial charge in [-0.25, -0.2) is 4.98 Å². The fourth-order valence-electron chi connectivity index (χ4n) is 2.99. The molecule has 1 aliphatic heterocycles. The summed E-state index contributed by atoms with van der Waals surface area (Å²) in [6.07, 6.45) is 1.91. The van der Waals surface area contributed by atoms with E-state index in [1.807, 2.05) is 24.6 Å². The summed E-state index contributed by atoms with van der Waals surface area (Å²) in [7, 11) is 1.81. The van der Waals surface area contributed by atoms with Crippen molar-refractivity contribution in [1.29, 1.82) is 0 Å². The van der Waals surface area contributed by atoms with Gasteiger partial charge in [0, 0.05) is 47.5 Å². The van der Waals surface area contributed by atoms with Crippen LogP contribution >= 0.6 is 22.7 Å². The van der Waals surface area contributed by atoms with Crippen LogP contribution in [0.4, 0.5) is 0 Å². The molecule has 2 aromatic rings. The van der Waals surface area contributed by atoms with Crippen LogP contribution in [0.3, 0.4) is 0 Å². The van der Waals surface area contributed by atoms with Gasteiger partial charge in [0.05, 0.1) is 25.8 Å². The van der Waals surface area contributed by atoms with Crippen LogP contribution in [0.15, 0.2) is 23.3 Å². The number of nitrogens with one attached hydrogen (secondary N) is 2. The highest BCUT2D eigenvalue weighted by atomic mass is 32.1. The summed E-state index contributed by atoms with van der Waals surface area (Å²) < 4.78 is 5.53. The summed E-state index contributed by atoms with van der Waals surface area (Å²) in [4.78, 5) is 15.2. The molecule has 1 fully saturated rings. The first-order valence-corrected chi connectivity index (χ1v) is 10.5. The van der Waals surface area contributed by atoms with E-state index in [1.54, 1.807) is 11.3 Å². The molecule has 0 spiro atoms. The minimum absolute atomic E-state index is 0.332. The Labute approximate surface area is 163 Å². The Morgan fingerprint density at radius 3 is 2.65 bits per heavy atom. The SMILES string of the molecule is CN=C(NCc1ncc(C)s1)NCC(c1ccc(C)s1)N1CCOCC1. The van der Waals surface area contributed by atoms with E-state index in [9.17, 15) is 0 Å². The lowest BCUT2D eigenvalue weighted by atomic mass is 10.2. The molecule has 0 bridgehead atoms. The predicted octanol–water partition coefficient (Wildman–Crippen LogP) is 2.56. The first-order valence-electron chi connectivity index (χ1n) is 8.89. The van der Waals surface area contributed by atoms with E-state index >= 15 is 0 Å². The molecule has 1 aliphatic rings. The molecule has 1 atom stereocenters. The number of nitrogens with zero attached hydrogens (tertiary/aromatic N) is 3. The predicted molar refractivity (Wildman–Crippen MR) is 109 cm³/mol. The van der Waals surface area contributed by atoms with Gasteiger partial charge in [-0.3, -0.25) is 9.89 Å². The average Bonchev–Trinajstić information content (AvgIpc) is 3.27. The Bertz CT molecular complexity index is 721. The number of hydrogen-bond acceptors (Lipinski definition) is 6. The number of rotatable bonds is 6. The third kappa shape index (κ3) is 5.26. The molecule has 1 saturated heterocycles. The molecule has 3 heterocycles. The van der Waals surface area contributed by atoms with Gasteiger partial charge in [0.25, 0.3) is 0 Å². The minimum Gasteiger partial charge on any atom is -0.379 e. The van der Waals surface area contributed by atoms with Crippen molar-refractivity contribution in [2.45, 2.75) is 26.4 Å². The number of hydrogen-bond donors (Lipinski definition) is 2. The molecule has 2 N–H and O–H groups in total. The van der Waals surface area contributed by atoms with E-state index in [1.165, 1.54) is 14.6 Å². The van der Waals surface area contributed by atoms with Gasteiger partial charge in [0.2, 0.25) is 0 Å². The Kier molecular flexibility index (Phi) is 7.01. The molecule has 0 aromatic carbocycles. The second kappa shape index (κ2) is 9.45. The lowest BCUT2D eigenvalue weighted by Gasteiger charge is -2.34. The zero-order valence-electron chi connectivity index (χ0n) is 15.6. The topological polar surface area (TPSA) is 61.8 Å². The van der Waals surface area contributed by atoms with Crippen LogP contribution in [0.25, 0.3) is 0 Å². The first kappa shape index (κ1) is 19.3. The van der Waals surface area contributed by atoms with Crippen LogP contribution < -0.4 is 10.6 Å². The van der Waals surface area contributed by atoms with Crippen molar-refractivity contribution >= 4 is 28.6 Å². The number of guanidine groups is 1. The van der Waals surface area contributed by atoms with Crippen LogP contribution in [0, 0.1) is 13.8 Å². The molecular weight excluding hydrogens is 366 g/mol. The van der Waals surface area contributed by atoms with E-state index < -0.39 is 0 Å². The van der Waals surface area contributed by atoms with E-state index in [2.05, 4.69) is 51.5 Å². The van der Waals surface area contributed by atoms with E-state index in [4.69, 9.17) is 4.74 Å².